The van der Waals surface area contributed by atoms with Gasteiger partial charge in [0.05, 0.1) is 11.1 Å². The van der Waals surface area contributed by atoms with Crippen molar-refractivity contribution in [2.24, 2.45) is 4.99 Å². The molecule has 0 aromatic heterocycles. The molecule has 0 heterocycles. The Labute approximate surface area is 168 Å². The van der Waals surface area contributed by atoms with E-state index >= 15 is 0 Å². The second-order valence-corrected chi connectivity index (χ2v) is 8.77. The van der Waals surface area contributed by atoms with E-state index in [0.29, 0.717) is 5.25 Å². The van der Waals surface area contributed by atoms with Crippen LogP contribution in [-0.2, 0) is 12.8 Å². The van der Waals surface area contributed by atoms with Crippen LogP contribution < -0.4 is 4.74 Å². The van der Waals surface area contributed by atoms with Crippen molar-refractivity contribution < 1.29 is 4.74 Å². The van der Waals surface area contributed by atoms with E-state index < -0.39 is 0 Å². The molecule has 0 bridgehead atoms. The first-order valence-corrected chi connectivity index (χ1v) is 10.9. The summed E-state index contributed by atoms with van der Waals surface area (Å²) >= 11 is 1.86. The van der Waals surface area contributed by atoms with Crippen molar-refractivity contribution in [3.8, 4) is 5.75 Å². The van der Waals surface area contributed by atoms with Crippen molar-refractivity contribution in [3.63, 3.8) is 0 Å². The highest BCUT2D eigenvalue weighted by Gasteiger charge is 2.20. The maximum Gasteiger partial charge on any atom is 0.122 e. The molecule has 3 rings (SSSR count). The van der Waals surface area contributed by atoms with E-state index in [0.717, 1.165) is 17.2 Å². The number of benzene rings is 2. The van der Waals surface area contributed by atoms with Crippen LogP contribution in [0.1, 0.15) is 66.7 Å². The fourth-order valence-corrected chi connectivity index (χ4v) is 4.78. The van der Waals surface area contributed by atoms with Crippen LogP contribution in [0, 0.1) is 6.92 Å². The minimum absolute atomic E-state index is 0.239. The molecule has 0 amide bonds. The van der Waals surface area contributed by atoms with Gasteiger partial charge < -0.3 is 4.74 Å². The van der Waals surface area contributed by atoms with Crippen LogP contribution in [0.4, 0.5) is 0 Å². The smallest absolute Gasteiger partial charge is 0.122 e. The summed E-state index contributed by atoms with van der Waals surface area (Å²) in [6.07, 6.45) is 4.98. The second-order valence-electron chi connectivity index (χ2n) is 7.44. The summed E-state index contributed by atoms with van der Waals surface area (Å²) in [5, 5.41) is 1.49. The zero-order valence-electron chi connectivity index (χ0n) is 17.2. The van der Waals surface area contributed by atoms with Crippen LogP contribution >= 0.6 is 11.8 Å². The van der Waals surface area contributed by atoms with Crippen molar-refractivity contribution in [1.82, 2.24) is 0 Å². The largest absolute Gasteiger partial charge is 0.490 e. The minimum Gasteiger partial charge on any atom is -0.490 e. The van der Waals surface area contributed by atoms with E-state index in [9.17, 15) is 0 Å². The zero-order valence-corrected chi connectivity index (χ0v) is 18.0. The highest BCUT2D eigenvalue weighted by Crippen LogP contribution is 2.37. The van der Waals surface area contributed by atoms with Gasteiger partial charge in [-0.15, -0.1) is 0 Å². The van der Waals surface area contributed by atoms with Gasteiger partial charge in [-0.2, -0.15) is 0 Å². The molecule has 0 saturated carbocycles. The third-order valence-electron chi connectivity index (χ3n) is 5.44. The summed E-state index contributed by atoms with van der Waals surface area (Å²) in [6, 6.07) is 13.2. The van der Waals surface area contributed by atoms with Gasteiger partial charge in [0.25, 0.3) is 0 Å². The number of hydrogen-bond acceptors (Lipinski definition) is 3. The lowest BCUT2D eigenvalue weighted by Crippen LogP contribution is -2.11. The van der Waals surface area contributed by atoms with Crippen molar-refractivity contribution in [2.75, 3.05) is 7.05 Å². The summed E-state index contributed by atoms with van der Waals surface area (Å²) < 4.78 is 6.02. The molecule has 3 heteroatoms. The van der Waals surface area contributed by atoms with Gasteiger partial charge >= 0.3 is 0 Å². The molecule has 2 aromatic carbocycles. The molecule has 0 aliphatic heterocycles. The fourth-order valence-electron chi connectivity index (χ4n) is 3.73. The Morgan fingerprint density at radius 3 is 2.70 bits per heavy atom. The number of ether oxygens (including phenoxy) is 1. The Bertz CT molecular complexity index is 827. The first-order chi connectivity index (χ1) is 13.0. The standard InChI is InChI=1S/C24H31NOS/c1-6-17(3)26-23-14-13-20(15-16(23)2)24(25-5)27-18(4)21-11-7-9-19-10-8-12-22(19)21/h7,9,11,13-15,17-18H,6,8,10,12H2,1-5H3/b25-24-. The molecule has 2 atom stereocenters. The molecule has 2 aromatic rings. The summed E-state index contributed by atoms with van der Waals surface area (Å²) in [5.74, 6) is 0.975. The summed E-state index contributed by atoms with van der Waals surface area (Å²) in [4.78, 5) is 4.60. The van der Waals surface area contributed by atoms with Crippen LogP contribution in [0.15, 0.2) is 41.4 Å². The monoisotopic (exact) mass is 381 g/mol. The van der Waals surface area contributed by atoms with E-state index in [1.165, 1.54) is 41.5 Å². The summed E-state index contributed by atoms with van der Waals surface area (Å²) in [7, 11) is 1.89. The molecule has 144 valence electrons. The maximum atomic E-state index is 6.02. The average molecular weight is 382 g/mol. The Hall–Kier alpha value is -1.74. The number of fused-ring (bicyclic) bond motifs is 1. The highest BCUT2D eigenvalue weighted by molar-refractivity contribution is 8.14. The zero-order chi connectivity index (χ0) is 19.4. The number of rotatable bonds is 6. The Morgan fingerprint density at radius 1 is 1.19 bits per heavy atom. The van der Waals surface area contributed by atoms with Gasteiger partial charge in [-0.1, -0.05) is 36.9 Å². The van der Waals surface area contributed by atoms with Gasteiger partial charge in [0.2, 0.25) is 0 Å². The third-order valence-corrected chi connectivity index (χ3v) is 6.69. The van der Waals surface area contributed by atoms with Gasteiger partial charge in [0, 0.05) is 17.9 Å². The third kappa shape index (κ3) is 4.57. The van der Waals surface area contributed by atoms with Gasteiger partial charge in [-0.3, -0.25) is 4.99 Å². The van der Waals surface area contributed by atoms with Gasteiger partial charge in [-0.25, -0.2) is 0 Å². The quantitative estimate of drug-likeness (QED) is 0.419. The van der Waals surface area contributed by atoms with Crippen LogP contribution in [0.5, 0.6) is 5.75 Å². The lowest BCUT2D eigenvalue weighted by atomic mass is 10.0. The van der Waals surface area contributed by atoms with Crippen LogP contribution in [0.25, 0.3) is 0 Å². The van der Waals surface area contributed by atoms with Crippen molar-refractivity contribution in [3.05, 3.63) is 64.2 Å². The molecule has 2 unspecified atom stereocenters. The molecule has 0 N–H and O–H groups in total. The molecule has 2 nitrogen and oxygen atoms in total. The molecule has 0 saturated heterocycles. The Kier molecular flexibility index (Phi) is 6.64. The van der Waals surface area contributed by atoms with Crippen LogP contribution in [0.3, 0.4) is 0 Å². The van der Waals surface area contributed by atoms with Gasteiger partial charge in [-0.05, 0) is 86.9 Å². The van der Waals surface area contributed by atoms with Crippen molar-refractivity contribution in [2.45, 2.75) is 64.7 Å². The lowest BCUT2D eigenvalue weighted by Gasteiger charge is -2.18. The SMILES string of the molecule is CCC(C)Oc1ccc(/C(=N/C)SC(C)c2cccc3c2CCC3)cc1C. The maximum absolute atomic E-state index is 6.02. The van der Waals surface area contributed by atoms with E-state index in [1.807, 2.05) is 18.8 Å². The molecule has 0 spiro atoms. The fraction of sp³-hybridized carbons (Fsp3) is 0.458. The number of thioether (sulfide) groups is 1. The van der Waals surface area contributed by atoms with Gasteiger partial charge in [0.15, 0.2) is 0 Å². The van der Waals surface area contributed by atoms with E-state index in [4.69, 9.17) is 4.74 Å². The molecule has 1 aliphatic rings. The predicted molar refractivity (Wildman–Crippen MR) is 118 cm³/mol. The minimum atomic E-state index is 0.239. The predicted octanol–water partition coefficient (Wildman–Crippen LogP) is 6.53. The molecule has 0 fully saturated rings. The molecule has 27 heavy (non-hydrogen) atoms. The normalized spacial score (nSPS) is 16.1. The first kappa shape index (κ1) is 20.0. The van der Waals surface area contributed by atoms with Gasteiger partial charge in [0.1, 0.15) is 5.75 Å². The highest BCUT2D eigenvalue weighted by atomic mass is 32.2. The molecule has 0 radical (unpaired) electrons. The molecular formula is C24H31NOS. The lowest BCUT2D eigenvalue weighted by molar-refractivity contribution is 0.216. The average Bonchev–Trinajstić information content (AvgIpc) is 3.16. The summed E-state index contributed by atoms with van der Waals surface area (Å²) in [6.45, 7) is 8.68. The number of aryl methyl sites for hydroxylation is 2. The number of aliphatic imine (C=N–C) groups is 1. The van der Waals surface area contributed by atoms with E-state index in [-0.39, 0.29) is 6.10 Å². The Morgan fingerprint density at radius 2 is 2.00 bits per heavy atom. The van der Waals surface area contributed by atoms with E-state index in [1.54, 1.807) is 5.56 Å². The van der Waals surface area contributed by atoms with Crippen molar-refractivity contribution in [1.29, 1.82) is 0 Å². The van der Waals surface area contributed by atoms with Crippen LogP contribution in [-0.4, -0.2) is 18.2 Å². The number of nitrogens with zero attached hydrogens (tertiary/aromatic N) is 1. The van der Waals surface area contributed by atoms with Crippen LogP contribution in [0.2, 0.25) is 0 Å². The van der Waals surface area contributed by atoms with Crippen molar-refractivity contribution >= 4 is 16.8 Å². The topological polar surface area (TPSA) is 21.6 Å². The Balaban J connectivity index is 1.78. The second kappa shape index (κ2) is 8.97. The summed E-state index contributed by atoms with van der Waals surface area (Å²) in [5.41, 5.74) is 6.93. The molecule has 1 aliphatic carbocycles. The van der Waals surface area contributed by atoms with E-state index in [2.05, 4.69) is 69.1 Å². The number of hydrogen-bond donors (Lipinski definition) is 0. The molecular weight excluding hydrogens is 350 g/mol. The first-order valence-electron chi connectivity index (χ1n) is 10.0.